The van der Waals surface area contributed by atoms with E-state index in [-0.39, 0.29) is 0 Å². The third-order valence-electron chi connectivity index (χ3n) is 5.42. The summed E-state index contributed by atoms with van der Waals surface area (Å²) in [5.74, 6) is 1.34. The lowest BCUT2D eigenvalue weighted by molar-refractivity contribution is 0.365. The van der Waals surface area contributed by atoms with Gasteiger partial charge < -0.3 is 10.4 Å². The quantitative estimate of drug-likeness (QED) is 0.865. The largest absolute Gasteiger partial charge is 0.507 e. The second kappa shape index (κ2) is 5.77. The van der Waals surface area contributed by atoms with Crippen molar-refractivity contribution in [1.82, 2.24) is 5.32 Å². The van der Waals surface area contributed by atoms with Gasteiger partial charge in [-0.3, -0.25) is 0 Å². The van der Waals surface area contributed by atoms with Crippen molar-refractivity contribution < 1.29 is 5.11 Å². The molecule has 2 aliphatic rings. The number of fused-ring (bicyclic) bond motifs is 1. The Morgan fingerprint density at radius 1 is 1.00 bits per heavy atom. The summed E-state index contributed by atoms with van der Waals surface area (Å²) in [6.45, 7) is 6.62. The van der Waals surface area contributed by atoms with Crippen molar-refractivity contribution in [2.24, 2.45) is 5.92 Å². The van der Waals surface area contributed by atoms with Gasteiger partial charge in [-0.1, -0.05) is 0 Å². The Hall–Kier alpha value is -1.02. The Morgan fingerprint density at radius 2 is 1.60 bits per heavy atom. The normalized spacial score (nSPS) is 19.9. The summed E-state index contributed by atoms with van der Waals surface area (Å²) in [6, 6.07) is 0. The molecule has 1 aromatic rings. The molecule has 0 radical (unpaired) electrons. The molecule has 1 saturated heterocycles. The molecule has 20 heavy (non-hydrogen) atoms. The fourth-order valence-corrected chi connectivity index (χ4v) is 4.09. The highest BCUT2D eigenvalue weighted by Crippen LogP contribution is 2.38. The van der Waals surface area contributed by atoms with Gasteiger partial charge in [0.2, 0.25) is 0 Å². The van der Waals surface area contributed by atoms with Crippen LogP contribution in [0.2, 0.25) is 0 Å². The second-order valence-electron chi connectivity index (χ2n) is 6.64. The Labute approximate surface area is 122 Å². The SMILES string of the molecule is Cc1c(O)c(CC2CCNCC2)c(C)c2c1CCCC2. The molecule has 3 rings (SSSR count). The van der Waals surface area contributed by atoms with Gasteiger partial charge in [-0.25, -0.2) is 0 Å². The molecule has 1 aliphatic carbocycles. The molecule has 110 valence electrons. The van der Waals surface area contributed by atoms with Crippen LogP contribution in [0.5, 0.6) is 5.75 Å². The van der Waals surface area contributed by atoms with E-state index in [1.807, 2.05) is 0 Å². The standard InChI is InChI=1S/C18H27NO/c1-12-15-5-3-4-6-16(15)13(2)18(20)17(12)11-14-7-9-19-10-8-14/h14,19-20H,3-11H2,1-2H3. The smallest absolute Gasteiger partial charge is 0.122 e. The van der Waals surface area contributed by atoms with Gasteiger partial charge in [-0.15, -0.1) is 0 Å². The number of benzene rings is 1. The van der Waals surface area contributed by atoms with Crippen LogP contribution in [0, 0.1) is 19.8 Å². The summed E-state index contributed by atoms with van der Waals surface area (Å²) in [5, 5.41) is 14.1. The van der Waals surface area contributed by atoms with E-state index in [1.54, 1.807) is 5.56 Å². The molecular weight excluding hydrogens is 246 g/mol. The predicted molar refractivity (Wildman–Crippen MR) is 83.5 cm³/mol. The molecule has 0 unspecified atom stereocenters. The Kier molecular flexibility index (Phi) is 4.02. The van der Waals surface area contributed by atoms with Gasteiger partial charge in [0.15, 0.2) is 0 Å². The van der Waals surface area contributed by atoms with E-state index in [9.17, 15) is 5.11 Å². The molecule has 0 bridgehead atoms. The van der Waals surface area contributed by atoms with E-state index in [1.165, 1.54) is 48.8 Å². The summed E-state index contributed by atoms with van der Waals surface area (Å²) < 4.78 is 0. The lowest BCUT2D eigenvalue weighted by atomic mass is 9.80. The third-order valence-corrected chi connectivity index (χ3v) is 5.42. The highest BCUT2D eigenvalue weighted by atomic mass is 16.3. The molecule has 0 aromatic heterocycles. The molecule has 0 saturated carbocycles. The Bertz CT molecular complexity index is 501. The summed E-state index contributed by atoms with van der Waals surface area (Å²) in [6.07, 6.45) is 8.51. The van der Waals surface area contributed by atoms with Crippen LogP contribution in [0.15, 0.2) is 0 Å². The molecule has 0 atom stereocenters. The van der Waals surface area contributed by atoms with Gasteiger partial charge >= 0.3 is 0 Å². The van der Waals surface area contributed by atoms with Gasteiger partial charge in [-0.05, 0) is 106 Å². The minimum absolute atomic E-state index is 0.599. The Morgan fingerprint density at radius 3 is 2.25 bits per heavy atom. The van der Waals surface area contributed by atoms with Crippen molar-refractivity contribution in [3.8, 4) is 5.75 Å². The number of phenolic OH excluding ortho intramolecular Hbond substituents is 1. The van der Waals surface area contributed by atoms with Crippen LogP contribution >= 0.6 is 0 Å². The summed E-state index contributed by atoms with van der Waals surface area (Å²) in [7, 11) is 0. The minimum Gasteiger partial charge on any atom is -0.507 e. The first-order valence-electron chi connectivity index (χ1n) is 8.22. The molecule has 0 amide bonds. The van der Waals surface area contributed by atoms with E-state index in [0.29, 0.717) is 5.75 Å². The number of phenols is 1. The van der Waals surface area contributed by atoms with Gasteiger partial charge in [0.05, 0.1) is 0 Å². The van der Waals surface area contributed by atoms with Crippen LogP contribution in [0.3, 0.4) is 0 Å². The Balaban J connectivity index is 1.95. The minimum atomic E-state index is 0.599. The number of hydrogen-bond donors (Lipinski definition) is 2. The maximum atomic E-state index is 10.6. The average Bonchev–Trinajstić information content (AvgIpc) is 2.50. The first-order chi connectivity index (χ1) is 9.68. The van der Waals surface area contributed by atoms with Gasteiger partial charge in [0, 0.05) is 0 Å². The fourth-order valence-electron chi connectivity index (χ4n) is 4.09. The van der Waals surface area contributed by atoms with Crippen molar-refractivity contribution in [1.29, 1.82) is 0 Å². The van der Waals surface area contributed by atoms with Crippen LogP contribution in [0.1, 0.15) is 53.5 Å². The van der Waals surface area contributed by atoms with Crippen molar-refractivity contribution in [3.05, 3.63) is 27.8 Å². The highest BCUT2D eigenvalue weighted by Gasteiger charge is 2.23. The first-order valence-corrected chi connectivity index (χ1v) is 8.22. The number of piperidine rings is 1. The number of hydrogen-bond acceptors (Lipinski definition) is 2. The molecule has 2 nitrogen and oxygen atoms in total. The topological polar surface area (TPSA) is 32.3 Å². The van der Waals surface area contributed by atoms with Crippen LogP contribution in [0.25, 0.3) is 0 Å². The van der Waals surface area contributed by atoms with Crippen LogP contribution in [0.4, 0.5) is 0 Å². The van der Waals surface area contributed by atoms with Crippen molar-refractivity contribution >= 4 is 0 Å². The zero-order valence-corrected chi connectivity index (χ0v) is 12.9. The molecule has 2 heteroatoms. The highest BCUT2D eigenvalue weighted by molar-refractivity contribution is 5.55. The summed E-state index contributed by atoms with van der Waals surface area (Å²) in [4.78, 5) is 0. The van der Waals surface area contributed by atoms with Gasteiger partial charge in [0.1, 0.15) is 5.75 Å². The van der Waals surface area contributed by atoms with Gasteiger partial charge in [-0.2, -0.15) is 0 Å². The molecule has 1 heterocycles. The monoisotopic (exact) mass is 273 g/mol. The molecular formula is C18H27NO. The molecule has 1 aromatic carbocycles. The predicted octanol–water partition coefficient (Wildman–Crippen LogP) is 3.43. The van der Waals surface area contributed by atoms with E-state index in [4.69, 9.17) is 0 Å². The van der Waals surface area contributed by atoms with E-state index in [2.05, 4.69) is 19.2 Å². The molecule has 1 fully saturated rings. The number of nitrogens with one attached hydrogen (secondary N) is 1. The average molecular weight is 273 g/mol. The zero-order chi connectivity index (χ0) is 14.1. The maximum Gasteiger partial charge on any atom is 0.122 e. The second-order valence-corrected chi connectivity index (χ2v) is 6.64. The number of aromatic hydroxyl groups is 1. The lowest BCUT2D eigenvalue weighted by Gasteiger charge is -2.28. The molecule has 2 N–H and O–H groups in total. The van der Waals surface area contributed by atoms with Crippen molar-refractivity contribution in [2.75, 3.05) is 13.1 Å². The van der Waals surface area contributed by atoms with Crippen molar-refractivity contribution in [2.45, 2.75) is 58.8 Å². The summed E-state index contributed by atoms with van der Waals surface area (Å²) in [5.41, 5.74) is 6.79. The zero-order valence-electron chi connectivity index (χ0n) is 12.9. The van der Waals surface area contributed by atoms with Crippen LogP contribution in [-0.4, -0.2) is 18.2 Å². The summed E-state index contributed by atoms with van der Waals surface area (Å²) >= 11 is 0. The fraction of sp³-hybridized carbons (Fsp3) is 0.667. The maximum absolute atomic E-state index is 10.6. The van der Waals surface area contributed by atoms with Crippen molar-refractivity contribution in [3.63, 3.8) is 0 Å². The first kappa shape index (κ1) is 13.9. The van der Waals surface area contributed by atoms with Gasteiger partial charge in [0.25, 0.3) is 0 Å². The number of rotatable bonds is 2. The molecule has 1 aliphatic heterocycles. The van der Waals surface area contributed by atoms with Crippen LogP contribution < -0.4 is 5.32 Å². The molecule has 0 spiro atoms. The van der Waals surface area contributed by atoms with E-state index >= 15 is 0 Å². The van der Waals surface area contributed by atoms with Crippen LogP contribution in [-0.2, 0) is 19.3 Å². The lowest BCUT2D eigenvalue weighted by Crippen LogP contribution is -2.29. The van der Waals surface area contributed by atoms with E-state index < -0.39 is 0 Å². The third kappa shape index (κ3) is 2.46. The van der Waals surface area contributed by atoms with E-state index in [0.717, 1.165) is 37.4 Å².